The third kappa shape index (κ3) is 2.64. The van der Waals surface area contributed by atoms with Gasteiger partial charge in [0.25, 0.3) is 0 Å². The predicted octanol–water partition coefficient (Wildman–Crippen LogP) is 0.784. The van der Waals surface area contributed by atoms with Crippen molar-refractivity contribution in [3.63, 3.8) is 0 Å². The van der Waals surface area contributed by atoms with Gasteiger partial charge in [-0.15, -0.1) is 0 Å². The van der Waals surface area contributed by atoms with E-state index in [0.29, 0.717) is 12.7 Å². The Labute approximate surface area is 61.3 Å². The largest absolute Gasteiger partial charge is 0.371 e. The van der Waals surface area contributed by atoms with Gasteiger partial charge in [0.2, 0.25) is 0 Å². The zero-order valence-electron chi connectivity index (χ0n) is 6.72. The number of epoxide rings is 1. The fourth-order valence-corrected chi connectivity index (χ4v) is 0.517. The van der Waals surface area contributed by atoms with Crippen LogP contribution in [-0.4, -0.2) is 32.2 Å². The Kier molecular flexibility index (Phi) is 2.28. The minimum absolute atomic E-state index is 0.314. The molecule has 60 valence electrons. The van der Waals surface area contributed by atoms with Gasteiger partial charge in [-0.2, -0.15) is 0 Å². The Hall–Kier alpha value is -0.120. The Bertz CT molecular complexity index is 107. The van der Waals surface area contributed by atoms with Crippen molar-refractivity contribution in [2.45, 2.75) is 25.7 Å². The molecule has 0 spiro atoms. The van der Waals surface area contributed by atoms with Gasteiger partial charge in [0.1, 0.15) is 6.10 Å². The van der Waals surface area contributed by atoms with Crippen molar-refractivity contribution < 1.29 is 14.2 Å². The molecule has 1 atom stereocenters. The number of hydrogen-bond acceptors (Lipinski definition) is 3. The van der Waals surface area contributed by atoms with Crippen LogP contribution in [0.25, 0.3) is 0 Å². The minimum atomic E-state index is -0.466. The summed E-state index contributed by atoms with van der Waals surface area (Å²) in [5.74, 6) is -0.466. The smallest absolute Gasteiger partial charge is 0.162 e. The average molecular weight is 146 g/mol. The molecule has 0 unspecified atom stereocenters. The van der Waals surface area contributed by atoms with Crippen LogP contribution in [0.15, 0.2) is 0 Å². The Morgan fingerprint density at radius 1 is 1.60 bits per heavy atom. The summed E-state index contributed by atoms with van der Waals surface area (Å²) in [7, 11) is 1.63. The molecule has 1 aliphatic rings. The van der Waals surface area contributed by atoms with Gasteiger partial charge in [0, 0.05) is 7.11 Å². The van der Waals surface area contributed by atoms with E-state index in [9.17, 15) is 0 Å². The standard InChI is InChI=1S/C7H14O3/c1-7(2,8-3)10-5-6-4-9-6/h6H,4-5H2,1-3H3/t6-/m0/s1. The van der Waals surface area contributed by atoms with Gasteiger partial charge in [-0.25, -0.2) is 0 Å². The van der Waals surface area contributed by atoms with Gasteiger partial charge in [0.15, 0.2) is 5.79 Å². The second kappa shape index (κ2) is 2.86. The third-order valence-corrected chi connectivity index (χ3v) is 1.51. The summed E-state index contributed by atoms with van der Waals surface area (Å²) < 4.78 is 15.4. The molecule has 0 bridgehead atoms. The molecule has 0 radical (unpaired) electrons. The van der Waals surface area contributed by atoms with Crippen LogP contribution in [0.2, 0.25) is 0 Å². The number of hydrogen-bond donors (Lipinski definition) is 0. The first-order valence-electron chi connectivity index (χ1n) is 3.45. The maximum absolute atomic E-state index is 5.36. The van der Waals surface area contributed by atoms with Gasteiger partial charge in [-0.05, 0) is 13.8 Å². The van der Waals surface area contributed by atoms with Crippen LogP contribution in [0.4, 0.5) is 0 Å². The van der Waals surface area contributed by atoms with E-state index in [1.807, 2.05) is 13.8 Å². The Balaban J connectivity index is 2.09. The van der Waals surface area contributed by atoms with E-state index in [0.717, 1.165) is 6.61 Å². The summed E-state index contributed by atoms with van der Waals surface area (Å²) >= 11 is 0. The van der Waals surface area contributed by atoms with Crippen molar-refractivity contribution in [3.8, 4) is 0 Å². The second-order valence-corrected chi connectivity index (χ2v) is 2.87. The maximum Gasteiger partial charge on any atom is 0.162 e. The molecule has 0 aromatic rings. The molecule has 1 rings (SSSR count). The molecule has 0 amide bonds. The van der Waals surface area contributed by atoms with Crippen LogP contribution in [0.1, 0.15) is 13.8 Å². The van der Waals surface area contributed by atoms with Crippen LogP contribution in [-0.2, 0) is 14.2 Å². The topological polar surface area (TPSA) is 31.0 Å². The Morgan fingerprint density at radius 2 is 2.20 bits per heavy atom. The van der Waals surface area contributed by atoms with Gasteiger partial charge in [-0.1, -0.05) is 0 Å². The van der Waals surface area contributed by atoms with Crippen molar-refractivity contribution in [2.75, 3.05) is 20.3 Å². The van der Waals surface area contributed by atoms with Crippen molar-refractivity contribution >= 4 is 0 Å². The fourth-order valence-electron chi connectivity index (χ4n) is 0.517. The lowest BCUT2D eigenvalue weighted by molar-refractivity contribution is -0.198. The molecule has 3 heteroatoms. The van der Waals surface area contributed by atoms with Crippen LogP contribution in [0.3, 0.4) is 0 Å². The van der Waals surface area contributed by atoms with E-state index in [1.54, 1.807) is 7.11 Å². The molecule has 3 nitrogen and oxygen atoms in total. The summed E-state index contributed by atoms with van der Waals surface area (Å²) in [6, 6.07) is 0. The van der Waals surface area contributed by atoms with E-state index < -0.39 is 5.79 Å². The van der Waals surface area contributed by atoms with E-state index in [1.165, 1.54) is 0 Å². The van der Waals surface area contributed by atoms with Crippen LogP contribution in [0, 0.1) is 0 Å². The SMILES string of the molecule is COC(C)(C)OC[C@@H]1CO1. The summed E-state index contributed by atoms with van der Waals surface area (Å²) in [5, 5.41) is 0. The lowest BCUT2D eigenvalue weighted by Crippen LogP contribution is -2.28. The monoisotopic (exact) mass is 146 g/mol. The van der Waals surface area contributed by atoms with Crippen molar-refractivity contribution in [2.24, 2.45) is 0 Å². The molecule has 1 aliphatic heterocycles. The molecule has 0 aromatic heterocycles. The fraction of sp³-hybridized carbons (Fsp3) is 1.00. The molecule has 1 heterocycles. The molecule has 10 heavy (non-hydrogen) atoms. The maximum atomic E-state index is 5.36. The normalized spacial score (nSPS) is 24.9. The van der Waals surface area contributed by atoms with E-state index in [2.05, 4.69) is 0 Å². The highest BCUT2D eigenvalue weighted by atomic mass is 16.7. The van der Waals surface area contributed by atoms with Crippen LogP contribution < -0.4 is 0 Å². The number of methoxy groups -OCH3 is 1. The van der Waals surface area contributed by atoms with Gasteiger partial charge >= 0.3 is 0 Å². The highest BCUT2D eigenvalue weighted by Gasteiger charge is 2.26. The quantitative estimate of drug-likeness (QED) is 0.434. The zero-order valence-corrected chi connectivity index (χ0v) is 6.72. The summed E-state index contributed by atoms with van der Waals surface area (Å²) in [6.45, 7) is 5.24. The van der Waals surface area contributed by atoms with Crippen LogP contribution in [0.5, 0.6) is 0 Å². The highest BCUT2D eigenvalue weighted by molar-refractivity contribution is 4.68. The first kappa shape index (κ1) is 7.98. The summed E-state index contributed by atoms with van der Waals surface area (Å²) in [4.78, 5) is 0. The molecule has 1 saturated heterocycles. The summed E-state index contributed by atoms with van der Waals surface area (Å²) in [5.41, 5.74) is 0. The lowest BCUT2D eigenvalue weighted by Gasteiger charge is -2.22. The summed E-state index contributed by atoms with van der Waals surface area (Å²) in [6.07, 6.45) is 0.314. The van der Waals surface area contributed by atoms with Gasteiger partial charge in [0.05, 0.1) is 13.2 Å². The third-order valence-electron chi connectivity index (χ3n) is 1.51. The van der Waals surface area contributed by atoms with Crippen LogP contribution >= 0.6 is 0 Å². The average Bonchev–Trinajstić information content (AvgIpc) is 2.66. The molecular weight excluding hydrogens is 132 g/mol. The second-order valence-electron chi connectivity index (χ2n) is 2.87. The van der Waals surface area contributed by atoms with E-state index >= 15 is 0 Å². The van der Waals surface area contributed by atoms with Gasteiger partial charge < -0.3 is 14.2 Å². The first-order valence-corrected chi connectivity index (χ1v) is 3.45. The minimum Gasteiger partial charge on any atom is -0.371 e. The molecular formula is C7H14O3. The van der Waals surface area contributed by atoms with E-state index in [4.69, 9.17) is 14.2 Å². The van der Waals surface area contributed by atoms with Crippen molar-refractivity contribution in [1.82, 2.24) is 0 Å². The first-order chi connectivity index (χ1) is 4.64. The molecule has 0 saturated carbocycles. The number of rotatable bonds is 4. The zero-order chi connectivity index (χ0) is 7.61. The predicted molar refractivity (Wildman–Crippen MR) is 36.8 cm³/mol. The van der Waals surface area contributed by atoms with Crippen molar-refractivity contribution in [3.05, 3.63) is 0 Å². The molecule has 1 fully saturated rings. The van der Waals surface area contributed by atoms with E-state index in [-0.39, 0.29) is 0 Å². The van der Waals surface area contributed by atoms with Gasteiger partial charge in [-0.3, -0.25) is 0 Å². The lowest BCUT2D eigenvalue weighted by atomic mass is 10.4. The van der Waals surface area contributed by atoms with Crippen molar-refractivity contribution in [1.29, 1.82) is 0 Å². The number of ether oxygens (including phenoxy) is 3. The Morgan fingerprint density at radius 3 is 2.60 bits per heavy atom. The molecule has 0 aromatic carbocycles. The molecule has 0 aliphatic carbocycles. The molecule has 0 N–H and O–H groups in total. The highest BCUT2D eigenvalue weighted by Crippen LogP contribution is 2.15.